The summed E-state index contributed by atoms with van der Waals surface area (Å²) in [6, 6.07) is 64.5. The Morgan fingerprint density at radius 3 is 1.60 bits per heavy atom. The molecule has 224 valence electrons. The summed E-state index contributed by atoms with van der Waals surface area (Å²) < 4.78 is 2.72. The van der Waals surface area contributed by atoms with Crippen LogP contribution in [-0.2, 0) is 0 Å². The minimum absolute atomic E-state index is 1.13. The highest BCUT2D eigenvalue weighted by Gasteiger charge is 2.15. The summed E-state index contributed by atoms with van der Waals surface area (Å²) in [7, 11) is 0. The van der Waals surface area contributed by atoms with Crippen molar-refractivity contribution in [1.82, 2.24) is 0 Å². The zero-order valence-electron chi connectivity index (χ0n) is 26.1. The maximum absolute atomic E-state index is 2.37. The van der Waals surface area contributed by atoms with E-state index in [1.807, 2.05) is 11.3 Å². The lowest BCUT2D eigenvalue weighted by molar-refractivity contribution is 1.29. The molecular weight excluding hydrogens is 599 g/mol. The first kappa shape index (κ1) is 27.2. The number of nitrogens with zero attached hydrogens (tertiary/aromatic N) is 1. The smallest absolute Gasteiger partial charge is 0.0468 e. The third kappa shape index (κ3) is 4.38. The summed E-state index contributed by atoms with van der Waals surface area (Å²) in [5.74, 6) is 0. The average Bonchev–Trinajstić information content (AvgIpc) is 3.54. The molecule has 0 saturated carbocycles. The molecule has 0 N–H and O–H groups in total. The molecule has 0 bridgehead atoms. The minimum Gasteiger partial charge on any atom is -0.310 e. The Hall–Kier alpha value is -5.96. The quantitative estimate of drug-likeness (QED) is 0.176. The third-order valence-corrected chi connectivity index (χ3v) is 11.0. The van der Waals surface area contributed by atoms with Crippen LogP contribution in [0.1, 0.15) is 0 Å². The van der Waals surface area contributed by atoms with Gasteiger partial charge in [-0.1, -0.05) is 127 Å². The Balaban J connectivity index is 1.08. The molecule has 9 aromatic carbocycles. The molecule has 0 saturated heterocycles. The average molecular weight is 628 g/mol. The van der Waals surface area contributed by atoms with E-state index in [4.69, 9.17) is 0 Å². The lowest BCUT2D eigenvalue weighted by Gasteiger charge is -2.26. The van der Waals surface area contributed by atoms with Crippen LogP contribution >= 0.6 is 11.3 Å². The molecule has 0 fully saturated rings. The van der Waals surface area contributed by atoms with Crippen molar-refractivity contribution < 1.29 is 0 Å². The molecule has 1 heterocycles. The summed E-state index contributed by atoms with van der Waals surface area (Å²) >= 11 is 1.90. The van der Waals surface area contributed by atoms with Crippen molar-refractivity contribution in [2.45, 2.75) is 0 Å². The molecule has 0 unspecified atom stereocenters. The highest BCUT2D eigenvalue weighted by molar-refractivity contribution is 7.26. The first-order chi connectivity index (χ1) is 23.8. The standard InChI is InChI=1S/C46H29NS/c1-3-9-34-28-39(23-17-30(34)7-1)47(40-24-18-31-8-2-4-10-35(31)29-40)38-21-15-32(16-22-38)36-20-25-41-37(27-36)14-13-33-19-26-43-42-11-5-6-12-44(42)48-46(43)45(33)41/h1-29H. The van der Waals surface area contributed by atoms with Crippen LogP contribution in [0.25, 0.3) is 74.4 Å². The van der Waals surface area contributed by atoms with Crippen molar-refractivity contribution in [2.24, 2.45) is 0 Å². The van der Waals surface area contributed by atoms with Crippen molar-refractivity contribution in [3.63, 3.8) is 0 Å². The molecule has 0 atom stereocenters. The Morgan fingerprint density at radius 1 is 0.333 bits per heavy atom. The van der Waals surface area contributed by atoms with Crippen molar-refractivity contribution >= 4 is 91.7 Å². The molecule has 1 aromatic heterocycles. The van der Waals surface area contributed by atoms with Crippen molar-refractivity contribution in [2.75, 3.05) is 4.90 Å². The van der Waals surface area contributed by atoms with Crippen molar-refractivity contribution in [3.8, 4) is 11.1 Å². The molecule has 2 heteroatoms. The number of rotatable bonds is 4. The second-order valence-electron chi connectivity index (χ2n) is 12.6. The Morgan fingerprint density at radius 2 is 0.875 bits per heavy atom. The Kier molecular flexibility index (Phi) is 6.12. The molecule has 10 rings (SSSR count). The number of anilines is 3. The largest absolute Gasteiger partial charge is 0.310 e. The topological polar surface area (TPSA) is 3.24 Å². The summed E-state index contributed by atoms with van der Waals surface area (Å²) in [6.45, 7) is 0. The molecule has 0 aliphatic rings. The van der Waals surface area contributed by atoms with Gasteiger partial charge in [0, 0.05) is 42.6 Å². The second kappa shape index (κ2) is 10.8. The van der Waals surface area contributed by atoms with E-state index in [0.717, 1.165) is 17.1 Å². The molecule has 0 radical (unpaired) electrons. The number of fused-ring (bicyclic) bond motifs is 9. The summed E-state index contributed by atoms with van der Waals surface area (Å²) in [4.78, 5) is 2.37. The van der Waals surface area contributed by atoms with E-state index < -0.39 is 0 Å². The van der Waals surface area contributed by atoms with Gasteiger partial charge >= 0.3 is 0 Å². The van der Waals surface area contributed by atoms with E-state index >= 15 is 0 Å². The monoisotopic (exact) mass is 627 g/mol. The van der Waals surface area contributed by atoms with E-state index in [1.54, 1.807) is 0 Å². The maximum atomic E-state index is 2.37. The fraction of sp³-hybridized carbons (Fsp3) is 0. The molecule has 0 aliphatic carbocycles. The van der Waals surface area contributed by atoms with E-state index in [2.05, 4.69) is 181 Å². The van der Waals surface area contributed by atoms with Gasteiger partial charge in [-0.3, -0.25) is 0 Å². The summed E-state index contributed by atoms with van der Waals surface area (Å²) in [6.07, 6.45) is 0. The molecule has 0 amide bonds. The normalized spacial score (nSPS) is 11.8. The second-order valence-corrected chi connectivity index (χ2v) is 13.6. The lowest BCUT2D eigenvalue weighted by atomic mass is 9.96. The van der Waals surface area contributed by atoms with E-state index in [9.17, 15) is 0 Å². The molecule has 10 aromatic rings. The van der Waals surface area contributed by atoms with Gasteiger partial charge in [0.1, 0.15) is 0 Å². The number of hydrogen-bond acceptors (Lipinski definition) is 2. The van der Waals surface area contributed by atoms with Crippen LogP contribution < -0.4 is 4.90 Å². The van der Waals surface area contributed by atoms with Crippen molar-refractivity contribution in [1.29, 1.82) is 0 Å². The van der Waals surface area contributed by atoms with Gasteiger partial charge in [-0.25, -0.2) is 0 Å². The fourth-order valence-corrected chi connectivity index (χ4v) is 8.66. The molecule has 1 nitrogen and oxygen atoms in total. The third-order valence-electron chi connectivity index (χ3n) is 9.78. The molecular formula is C46H29NS. The summed E-state index contributed by atoms with van der Waals surface area (Å²) in [5.41, 5.74) is 5.84. The van der Waals surface area contributed by atoms with Crippen LogP contribution in [0.3, 0.4) is 0 Å². The summed E-state index contributed by atoms with van der Waals surface area (Å²) in [5, 5.41) is 12.9. The lowest BCUT2D eigenvalue weighted by Crippen LogP contribution is -2.09. The number of benzene rings is 9. The van der Waals surface area contributed by atoms with E-state index in [0.29, 0.717) is 0 Å². The van der Waals surface area contributed by atoms with Crippen LogP contribution in [0.2, 0.25) is 0 Å². The fourth-order valence-electron chi connectivity index (χ4n) is 7.39. The van der Waals surface area contributed by atoms with Crippen LogP contribution in [0.5, 0.6) is 0 Å². The van der Waals surface area contributed by atoms with Crippen LogP contribution in [-0.4, -0.2) is 0 Å². The van der Waals surface area contributed by atoms with Gasteiger partial charge < -0.3 is 4.90 Å². The molecule has 0 spiro atoms. The number of hydrogen-bond donors (Lipinski definition) is 0. The van der Waals surface area contributed by atoms with Gasteiger partial charge in [0.05, 0.1) is 0 Å². The van der Waals surface area contributed by atoms with Crippen LogP contribution in [0.4, 0.5) is 17.1 Å². The van der Waals surface area contributed by atoms with E-state index in [1.165, 1.54) is 74.4 Å². The Bertz CT molecular complexity index is 2760. The highest BCUT2D eigenvalue weighted by Crippen LogP contribution is 2.42. The number of thiophene rings is 1. The van der Waals surface area contributed by atoms with Gasteiger partial charge in [-0.15, -0.1) is 11.3 Å². The minimum atomic E-state index is 1.13. The first-order valence-electron chi connectivity index (χ1n) is 16.4. The zero-order chi connectivity index (χ0) is 31.6. The molecule has 0 aliphatic heterocycles. The van der Waals surface area contributed by atoms with Gasteiger partial charge in [0.2, 0.25) is 0 Å². The SMILES string of the molecule is c1ccc2cc(N(c3ccc(-c4ccc5c(ccc6ccc7c8ccccc8sc7c65)c4)cc3)c3ccc4ccccc4c3)ccc2c1. The van der Waals surface area contributed by atoms with Gasteiger partial charge in [0.15, 0.2) is 0 Å². The predicted octanol–water partition coefficient (Wildman–Crippen LogP) is 13.8. The van der Waals surface area contributed by atoms with Crippen LogP contribution in [0, 0.1) is 0 Å². The maximum Gasteiger partial charge on any atom is 0.0468 e. The van der Waals surface area contributed by atoms with Gasteiger partial charge in [-0.05, 0) is 97.4 Å². The Labute approximate surface area is 282 Å². The molecule has 48 heavy (non-hydrogen) atoms. The van der Waals surface area contributed by atoms with Gasteiger partial charge in [0.25, 0.3) is 0 Å². The van der Waals surface area contributed by atoms with Crippen LogP contribution in [0.15, 0.2) is 176 Å². The highest BCUT2D eigenvalue weighted by atomic mass is 32.1. The van der Waals surface area contributed by atoms with Gasteiger partial charge in [-0.2, -0.15) is 0 Å². The zero-order valence-corrected chi connectivity index (χ0v) is 26.9. The first-order valence-corrected chi connectivity index (χ1v) is 17.2. The van der Waals surface area contributed by atoms with E-state index in [-0.39, 0.29) is 0 Å². The van der Waals surface area contributed by atoms with Crippen molar-refractivity contribution in [3.05, 3.63) is 176 Å². The predicted molar refractivity (Wildman–Crippen MR) is 209 cm³/mol.